The van der Waals surface area contributed by atoms with Crippen LogP contribution in [0.25, 0.3) is 16.9 Å². The van der Waals surface area contributed by atoms with Crippen LogP contribution in [-0.2, 0) is 11.3 Å². The third kappa shape index (κ3) is 5.15. The molecule has 0 aliphatic heterocycles. The van der Waals surface area contributed by atoms with Gasteiger partial charge in [-0.3, -0.25) is 9.78 Å². The van der Waals surface area contributed by atoms with Crippen molar-refractivity contribution in [3.8, 4) is 16.9 Å². The molecule has 1 amide bonds. The maximum Gasteiger partial charge on any atom is 0.237 e. The zero-order valence-corrected chi connectivity index (χ0v) is 16.0. The molecule has 0 saturated heterocycles. The number of rotatable bonds is 7. The molecule has 7 heteroatoms. The summed E-state index contributed by atoms with van der Waals surface area (Å²) >= 11 is 0. The quantitative estimate of drug-likeness (QED) is 0.654. The van der Waals surface area contributed by atoms with Crippen LogP contribution >= 0.6 is 12.4 Å². The van der Waals surface area contributed by atoms with Gasteiger partial charge in [-0.15, -0.1) is 12.4 Å². The monoisotopic (exact) mass is 385 g/mol. The van der Waals surface area contributed by atoms with Gasteiger partial charge >= 0.3 is 0 Å². The summed E-state index contributed by atoms with van der Waals surface area (Å²) in [7, 11) is 0. The van der Waals surface area contributed by atoms with Crippen molar-refractivity contribution in [2.75, 3.05) is 0 Å². The highest BCUT2D eigenvalue weighted by Crippen LogP contribution is 2.23. The fraction of sp³-hybridized carbons (Fsp3) is 0.250. The van der Waals surface area contributed by atoms with E-state index in [1.807, 2.05) is 60.3 Å². The molecular weight excluding hydrogens is 362 g/mol. The summed E-state index contributed by atoms with van der Waals surface area (Å²) in [5.74, 6) is -0.139. The molecule has 0 fully saturated rings. The number of benzene rings is 1. The van der Waals surface area contributed by atoms with Crippen LogP contribution in [0.1, 0.15) is 25.3 Å². The molecule has 0 aliphatic rings. The van der Waals surface area contributed by atoms with Crippen molar-refractivity contribution < 1.29 is 4.79 Å². The number of amides is 1. The number of aromatic nitrogens is 3. The Morgan fingerprint density at radius 3 is 2.56 bits per heavy atom. The highest BCUT2D eigenvalue weighted by Gasteiger charge is 2.16. The Balaban J connectivity index is 0.00000261. The molecule has 0 bridgehead atoms. The van der Waals surface area contributed by atoms with E-state index >= 15 is 0 Å². The third-order valence-electron chi connectivity index (χ3n) is 4.15. The van der Waals surface area contributed by atoms with Crippen molar-refractivity contribution in [2.24, 2.45) is 5.73 Å². The van der Waals surface area contributed by atoms with Gasteiger partial charge in [0.25, 0.3) is 0 Å². The van der Waals surface area contributed by atoms with Crippen molar-refractivity contribution in [1.82, 2.24) is 20.1 Å². The van der Waals surface area contributed by atoms with E-state index in [4.69, 9.17) is 10.8 Å². The Labute approximate surface area is 165 Å². The first kappa shape index (κ1) is 20.6. The molecule has 1 atom stereocenters. The lowest BCUT2D eigenvalue weighted by Gasteiger charge is -2.11. The number of carbonyl (C=O) groups is 1. The smallest absolute Gasteiger partial charge is 0.237 e. The molecule has 6 nitrogen and oxygen atoms in total. The largest absolute Gasteiger partial charge is 0.351 e. The maximum absolute atomic E-state index is 12.2. The van der Waals surface area contributed by atoms with Gasteiger partial charge in [0.05, 0.1) is 17.4 Å². The highest BCUT2D eigenvalue weighted by atomic mass is 35.5. The molecule has 0 aliphatic carbocycles. The lowest BCUT2D eigenvalue weighted by atomic mass is 10.1. The lowest BCUT2D eigenvalue weighted by Crippen LogP contribution is -2.40. The number of hydrogen-bond acceptors (Lipinski definition) is 4. The topological polar surface area (TPSA) is 85.8 Å². The Morgan fingerprint density at radius 2 is 1.89 bits per heavy atom. The van der Waals surface area contributed by atoms with E-state index in [1.54, 1.807) is 12.4 Å². The third-order valence-corrected chi connectivity index (χ3v) is 4.15. The number of nitrogens with two attached hydrogens (primary N) is 1. The van der Waals surface area contributed by atoms with Crippen molar-refractivity contribution in [2.45, 2.75) is 32.4 Å². The van der Waals surface area contributed by atoms with Crippen LogP contribution in [0.4, 0.5) is 0 Å². The van der Waals surface area contributed by atoms with E-state index in [2.05, 4.69) is 10.3 Å². The van der Waals surface area contributed by atoms with Gasteiger partial charge in [-0.2, -0.15) is 5.10 Å². The summed E-state index contributed by atoms with van der Waals surface area (Å²) in [6.07, 6.45) is 6.96. The Bertz CT molecular complexity index is 851. The molecule has 1 unspecified atom stereocenters. The van der Waals surface area contributed by atoms with Gasteiger partial charge in [0.1, 0.15) is 0 Å². The molecule has 3 aromatic rings. The summed E-state index contributed by atoms with van der Waals surface area (Å²) in [5, 5.41) is 7.64. The number of carbonyl (C=O) groups excluding carboxylic acids is 1. The second-order valence-corrected chi connectivity index (χ2v) is 6.13. The van der Waals surface area contributed by atoms with Gasteiger partial charge < -0.3 is 11.1 Å². The van der Waals surface area contributed by atoms with Crippen LogP contribution in [0, 0.1) is 0 Å². The number of pyridine rings is 1. The van der Waals surface area contributed by atoms with E-state index in [0.29, 0.717) is 13.0 Å². The average molecular weight is 386 g/mol. The van der Waals surface area contributed by atoms with Crippen molar-refractivity contribution in [1.29, 1.82) is 0 Å². The summed E-state index contributed by atoms with van der Waals surface area (Å²) < 4.78 is 1.82. The zero-order valence-electron chi connectivity index (χ0n) is 15.2. The summed E-state index contributed by atoms with van der Waals surface area (Å²) in [6, 6.07) is 13.2. The van der Waals surface area contributed by atoms with Crippen LogP contribution in [-0.4, -0.2) is 26.7 Å². The first-order valence-corrected chi connectivity index (χ1v) is 8.76. The SMILES string of the molecule is CCCC(N)C(=O)NCc1cn(-c2ccccc2)nc1-c1ccncc1.Cl. The second-order valence-electron chi connectivity index (χ2n) is 6.13. The molecule has 3 rings (SSSR count). The van der Waals surface area contributed by atoms with Crippen LogP contribution in [0.3, 0.4) is 0 Å². The van der Waals surface area contributed by atoms with E-state index in [1.165, 1.54) is 0 Å². The fourth-order valence-corrected chi connectivity index (χ4v) is 2.76. The predicted octanol–water partition coefficient (Wildman–Crippen LogP) is 3.10. The Morgan fingerprint density at radius 1 is 1.19 bits per heavy atom. The van der Waals surface area contributed by atoms with Crippen LogP contribution in [0.5, 0.6) is 0 Å². The van der Waals surface area contributed by atoms with Gasteiger partial charge in [0.15, 0.2) is 0 Å². The minimum Gasteiger partial charge on any atom is -0.351 e. The highest BCUT2D eigenvalue weighted by molar-refractivity contribution is 5.85. The fourth-order valence-electron chi connectivity index (χ4n) is 2.76. The van der Waals surface area contributed by atoms with Crippen LogP contribution in [0.15, 0.2) is 61.1 Å². The van der Waals surface area contributed by atoms with Crippen molar-refractivity contribution in [3.63, 3.8) is 0 Å². The number of halogens is 1. The van der Waals surface area contributed by atoms with E-state index in [0.717, 1.165) is 28.9 Å². The molecule has 142 valence electrons. The standard InChI is InChI=1S/C20H23N5O.ClH/c1-2-6-18(21)20(26)23-13-16-14-25(17-7-4-3-5-8-17)24-19(16)15-9-11-22-12-10-15;/h3-5,7-12,14,18H,2,6,13,21H2,1H3,(H,23,26);1H. The first-order chi connectivity index (χ1) is 12.7. The van der Waals surface area contributed by atoms with Gasteiger partial charge in [-0.25, -0.2) is 4.68 Å². The zero-order chi connectivity index (χ0) is 18.4. The molecular formula is C20H24ClN5O. The molecule has 0 radical (unpaired) electrons. The summed E-state index contributed by atoms with van der Waals surface area (Å²) in [4.78, 5) is 16.2. The summed E-state index contributed by atoms with van der Waals surface area (Å²) in [5.41, 5.74) is 9.56. The van der Waals surface area contributed by atoms with Crippen LogP contribution < -0.4 is 11.1 Å². The van der Waals surface area contributed by atoms with Gasteiger partial charge in [0, 0.05) is 36.3 Å². The number of hydrogen-bond donors (Lipinski definition) is 2. The molecule has 2 heterocycles. The average Bonchev–Trinajstić information content (AvgIpc) is 3.12. The van der Waals surface area contributed by atoms with E-state index in [-0.39, 0.29) is 18.3 Å². The normalized spacial score (nSPS) is 11.5. The Kier molecular flexibility index (Phi) is 7.52. The molecule has 27 heavy (non-hydrogen) atoms. The molecule has 0 spiro atoms. The van der Waals surface area contributed by atoms with Crippen molar-refractivity contribution >= 4 is 18.3 Å². The molecule has 2 aromatic heterocycles. The predicted molar refractivity (Wildman–Crippen MR) is 109 cm³/mol. The van der Waals surface area contributed by atoms with Crippen LogP contribution in [0.2, 0.25) is 0 Å². The first-order valence-electron chi connectivity index (χ1n) is 8.76. The van der Waals surface area contributed by atoms with Gasteiger partial charge in [-0.1, -0.05) is 31.5 Å². The van der Waals surface area contributed by atoms with E-state index < -0.39 is 6.04 Å². The lowest BCUT2D eigenvalue weighted by molar-refractivity contribution is -0.122. The maximum atomic E-state index is 12.2. The summed E-state index contributed by atoms with van der Waals surface area (Å²) in [6.45, 7) is 2.39. The van der Waals surface area contributed by atoms with Gasteiger partial charge in [0.2, 0.25) is 5.91 Å². The number of nitrogens with one attached hydrogen (secondary N) is 1. The number of para-hydroxylation sites is 1. The minimum atomic E-state index is -0.478. The molecule has 0 saturated carbocycles. The minimum absolute atomic E-state index is 0. The molecule has 3 N–H and O–H groups in total. The van der Waals surface area contributed by atoms with Gasteiger partial charge in [-0.05, 0) is 30.7 Å². The number of nitrogens with zero attached hydrogens (tertiary/aromatic N) is 3. The second kappa shape index (κ2) is 9.85. The Hall–Kier alpha value is -2.70. The van der Waals surface area contributed by atoms with Crippen molar-refractivity contribution in [3.05, 3.63) is 66.6 Å². The molecule has 1 aromatic carbocycles. The van der Waals surface area contributed by atoms with E-state index in [9.17, 15) is 4.79 Å².